The van der Waals surface area contributed by atoms with Crippen LogP contribution < -0.4 is 0 Å². The van der Waals surface area contributed by atoms with E-state index in [1.807, 2.05) is 0 Å². The van der Waals surface area contributed by atoms with E-state index in [-0.39, 0.29) is 0 Å². The van der Waals surface area contributed by atoms with E-state index in [4.69, 9.17) is 9.97 Å². The summed E-state index contributed by atoms with van der Waals surface area (Å²) in [7, 11) is 0. The highest BCUT2D eigenvalue weighted by molar-refractivity contribution is 6.15. The molecule has 0 unspecified atom stereocenters. The molecule has 0 aliphatic rings. The smallest absolute Gasteiger partial charge is 0.237 e. The molecule has 5 heterocycles. The fourth-order valence-corrected chi connectivity index (χ4v) is 12.1. The molecule has 0 N–H and O–H groups in total. The summed E-state index contributed by atoms with van der Waals surface area (Å²) in [4.78, 5) is 11.2. The van der Waals surface area contributed by atoms with E-state index in [2.05, 4.69) is 273 Å². The van der Waals surface area contributed by atoms with Crippen LogP contribution in [0.25, 0.3) is 144 Å². The zero-order chi connectivity index (χ0) is 48.4. The van der Waals surface area contributed by atoms with Crippen molar-refractivity contribution in [1.82, 2.24) is 28.2 Å². The van der Waals surface area contributed by atoms with Crippen molar-refractivity contribution in [3.63, 3.8) is 0 Å². The second kappa shape index (κ2) is 15.7. The molecule has 0 spiro atoms. The Morgan fingerprint density at radius 1 is 0.216 bits per heavy atom. The van der Waals surface area contributed by atoms with E-state index in [1.54, 1.807) is 0 Å². The van der Waals surface area contributed by atoms with Crippen LogP contribution in [0.2, 0.25) is 0 Å². The number of fused-ring (bicyclic) bond motifs is 13. The summed E-state index contributed by atoms with van der Waals surface area (Å²) in [5.74, 6) is 1.44. The summed E-state index contributed by atoms with van der Waals surface area (Å²) < 4.78 is 9.40. The summed E-state index contributed by atoms with van der Waals surface area (Å²) >= 11 is 0. The molecular weight excluding hydrogens is 901 g/mol. The molecule has 0 radical (unpaired) electrons. The third kappa shape index (κ3) is 5.94. The molecule has 6 nitrogen and oxygen atoms in total. The molecule has 0 aliphatic carbocycles. The molecule has 0 aliphatic heterocycles. The molecule has 5 aromatic heterocycles. The molecular formula is C68H42N6. The van der Waals surface area contributed by atoms with Gasteiger partial charge in [-0.2, -0.15) is 4.98 Å². The maximum atomic E-state index is 5.72. The first kappa shape index (κ1) is 40.7. The number of aromatic nitrogens is 6. The fraction of sp³-hybridized carbons (Fsp3) is 0. The summed E-state index contributed by atoms with van der Waals surface area (Å²) in [6.45, 7) is 0. The Bertz CT molecular complexity index is 4960. The van der Waals surface area contributed by atoms with Gasteiger partial charge in [-0.3, -0.25) is 9.13 Å². The van der Waals surface area contributed by atoms with Crippen molar-refractivity contribution >= 4 is 98.1 Å². The number of benzene rings is 11. The van der Waals surface area contributed by atoms with Gasteiger partial charge in [0.1, 0.15) is 0 Å². The van der Waals surface area contributed by atoms with Crippen LogP contribution in [0.15, 0.2) is 255 Å². The molecule has 0 bridgehead atoms. The van der Waals surface area contributed by atoms with Crippen LogP contribution in [0.4, 0.5) is 0 Å². The van der Waals surface area contributed by atoms with Crippen molar-refractivity contribution in [2.75, 3.05) is 0 Å². The molecule has 16 rings (SSSR count). The molecule has 16 aromatic rings. The molecule has 74 heavy (non-hydrogen) atoms. The van der Waals surface area contributed by atoms with E-state index in [1.165, 1.54) is 49.0 Å². The predicted octanol–water partition coefficient (Wildman–Crippen LogP) is 17.4. The second-order valence-corrected chi connectivity index (χ2v) is 19.4. The van der Waals surface area contributed by atoms with Gasteiger partial charge in [0.15, 0.2) is 5.82 Å². The third-order valence-corrected chi connectivity index (χ3v) is 15.4. The largest absolute Gasteiger partial charge is 0.309 e. The quantitative estimate of drug-likeness (QED) is 0.167. The summed E-state index contributed by atoms with van der Waals surface area (Å²) in [6.07, 6.45) is 0. The molecule has 0 atom stereocenters. The van der Waals surface area contributed by atoms with E-state index in [0.29, 0.717) is 5.95 Å². The first-order valence-corrected chi connectivity index (χ1v) is 25.2. The van der Waals surface area contributed by atoms with Crippen LogP contribution in [0.3, 0.4) is 0 Å². The van der Waals surface area contributed by atoms with Crippen molar-refractivity contribution < 1.29 is 0 Å². The van der Waals surface area contributed by atoms with Gasteiger partial charge in [0.25, 0.3) is 0 Å². The lowest BCUT2D eigenvalue weighted by molar-refractivity contribution is 0.973. The van der Waals surface area contributed by atoms with Crippen LogP contribution in [0.5, 0.6) is 0 Å². The third-order valence-electron chi connectivity index (χ3n) is 15.4. The Morgan fingerprint density at radius 3 is 0.959 bits per heavy atom. The minimum atomic E-state index is 0.614. The van der Waals surface area contributed by atoms with Gasteiger partial charge in [-0.1, -0.05) is 170 Å². The maximum absolute atomic E-state index is 5.72. The number of hydrogen-bond acceptors (Lipinski definition) is 2. The molecule has 344 valence electrons. The average molecular weight is 943 g/mol. The van der Waals surface area contributed by atoms with Gasteiger partial charge in [0, 0.05) is 59.9 Å². The summed E-state index contributed by atoms with van der Waals surface area (Å²) in [5.41, 5.74) is 16.7. The Morgan fingerprint density at radius 2 is 0.527 bits per heavy atom. The monoisotopic (exact) mass is 942 g/mol. The van der Waals surface area contributed by atoms with Crippen LogP contribution in [-0.4, -0.2) is 28.2 Å². The number of para-hydroxylation sites is 7. The number of nitrogens with zero attached hydrogens (tertiary/aromatic N) is 6. The molecule has 0 amide bonds. The Labute approximate surface area is 424 Å². The lowest BCUT2D eigenvalue weighted by atomic mass is 10.0. The molecule has 6 heteroatoms. The van der Waals surface area contributed by atoms with Gasteiger partial charge in [0.05, 0.1) is 49.7 Å². The van der Waals surface area contributed by atoms with E-state index in [0.717, 1.165) is 88.6 Å². The molecule has 0 fully saturated rings. The standard InChI is InChI=1S/C68H42N6/c1-3-17-47(18-4-1)71-59-27-13-8-21-49(59)53-35-31-43(39-63(53)71)45-33-37-55-51-23-10-15-29-61(51)73(65(55)41-45)67-57-25-7-12-26-58(57)69-68(70-67)74-62-30-16-11-24-52(62)56-38-34-46(42-66(56)74)44-32-36-54-50-22-9-14-28-60(50)72(64(54)40-44)48-19-5-2-6-20-48/h1-42H. The highest BCUT2D eigenvalue weighted by Crippen LogP contribution is 2.41. The minimum Gasteiger partial charge on any atom is -0.309 e. The van der Waals surface area contributed by atoms with Crippen molar-refractivity contribution in [2.24, 2.45) is 0 Å². The predicted molar refractivity (Wildman–Crippen MR) is 308 cm³/mol. The number of hydrogen-bond donors (Lipinski definition) is 0. The SMILES string of the molecule is c1ccc(-n2c3ccccc3c3ccc(-c4ccc5c6ccccc6n(-c6nc(-n7c8ccccc8c8ccc(-c9ccc%10c%11ccccc%11n(-c%11ccccc%11)c%10c9)cc87)c7ccccc7n6)c5c4)cc32)cc1. The Hall–Kier alpha value is -10.0. The average Bonchev–Trinajstić information content (AvgIpc) is 4.20. The zero-order valence-corrected chi connectivity index (χ0v) is 39.9. The second-order valence-electron chi connectivity index (χ2n) is 19.4. The van der Waals surface area contributed by atoms with Gasteiger partial charge in [-0.15, -0.1) is 0 Å². The molecule has 0 saturated carbocycles. The summed E-state index contributed by atoms with van der Waals surface area (Å²) in [6, 6.07) is 92.1. The Balaban J connectivity index is 0.908. The van der Waals surface area contributed by atoms with Crippen molar-refractivity contribution in [1.29, 1.82) is 0 Å². The van der Waals surface area contributed by atoms with Gasteiger partial charge >= 0.3 is 0 Å². The lowest BCUT2D eigenvalue weighted by Crippen LogP contribution is -2.07. The van der Waals surface area contributed by atoms with Crippen molar-refractivity contribution in [3.8, 4) is 45.4 Å². The van der Waals surface area contributed by atoms with Crippen LogP contribution in [0, 0.1) is 0 Å². The Kier molecular flexibility index (Phi) is 8.64. The first-order chi connectivity index (χ1) is 36.7. The van der Waals surface area contributed by atoms with Crippen molar-refractivity contribution in [2.45, 2.75) is 0 Å². The van der Waals surface area contributed by atoms with Crippen LogP contribution >= 0.6 is 0 Å². The van der Waals surface area contributed by atoms with Crippen LogP contribution in [-0.2, 0) is 0 Å². The maximum Gasteiger partial charge on any atom is 0.237 e. The molecule has 11 aromatic carbocycles. The minimum absolute atomic E-state index is 0.614. The van der Waals surface area contributed by atoms with E-state index in [9.17, 15) is 0 Å². The van der Waals surface area contributed by atoms with Crippen LogP contribution in [0.1, 0.15) is 0 Å². The zero-order valence-electron chi connectivity index (χ0n) is 39.9. The highest BCUT2D eigenvalue weighted by atomic mass is 15.2. The van der Waals surface area contributed by atoms with Crippen molar-refractivity contribution in [3.05, 3.63) is 255 Å². The van der Waals surface area contributed by atoms with E-state index < -0.39 is 0 Å². The van der Waals surface area contributed by atoms with E-state index >= 15 is 0 Å². The number of rotatable bonds is 6. The van der Waals surface area contributed by atoms with Gasteiger partial charge in [-0.25, -0.2) is 4.98 Å². The lowest BCUT2D eigenvalue weighted by Gasteiger charge is -2.15. The molecule has 0 saturated heterocycles. The fourth-order valence-electron chi connectivity index (χ4n) is 12.1. The van der Waals surface area contributed by atoms with Gasteiger partial charge in [-0.05, 0) is 107 Å². The topological polar surface area (TPSA) is 45.5 Å². The summed E-state index contributed by atoms with van der Waals surface area (Å²) in [5, 5.41) is 10.5. The van der Waals surface area contributed by atoms with Gasteiger partial charge in [0.2, 0.25) is 5.95 Å². The first-order valence-electron chi connectivity index (χ1n) is 25.2. The highest BCUT2D eigenvalue weighted by Gasteiger charge is 2.22. The van der Waals surface area contributed by atoms with Gasteiger partial charge < -0.3 is 9.13 Å². The normalized spacial score (nSPS) is 12.1.